The lowest BCUT2D eigenvalue weighted by Gasteiger charge is -2.45. The van der Waals surface area contributed by atoms with Crippen LogP contribution in [0.3, 0.4) is 0 Å². The summed E-state index contributed by atoms with van der Waals surface area (Å²) in [7, 11) is 0. The van der Waals surface area contributed by atoms with Gasteiger partial charge in [0, 0.05) is 28.9 Å². The number of nitrogens with one attached hydrogen (secondary N) is 1. The highest BCUT2D eigenvalue weighted by molar-refractivity contribution is 14.1. The molecule has 0 bridgehead atoms. The van der Waals surface area contributed by atoms with E-state index in [1.807, 2.05) is 0 Å². The van der Waals surface area contributed by atoms with E-state index in [1.54, 1.807) is 5.57 Å². The summed E-state index contributed by atoms with van der Waals surface area (Å²) in [5.41, 5.74) is 8.24. The van der Waals surface area contributed by atoms with Crippen LogP contribution < -0.4 is 5.43 Å². The molecule has 20 heavy (non-hydrogen) atoms. The van der Waals surface area contributed by atoms with Crippen molar-refractivity contribution in [1.82, 2.24) is 8.65 Å². The summed E-state index contributed by atoms with van der Waals surface area (Å²) in [5.74, 6) is 0. The lowest BCUT2D eigenvalue weighted by molar-refractivity contribution is 0.255. The van der Waals surface area contributed by atoms with E-state index in [2.05, 4.69) is 95.3 Å². The zero-order valence-corrected chi connectivity index (χ0v) is 17.5. The first-order valence-corrected chi connectivity index (χ1v) is 9.40. The molecule has 0 spiro atoms. The van der Waals surface area contributed by atoms with Crippen LogP contribution in [0.2, 0.25) is 0 Å². The fourth-order valence-electron chi connectivity index (χ4n) is 3.58. The van der Waals surface area contributed by atoms with Crippen molar-refractivity contribution >= 4 is 45.5 Å². The molecular formula is C16H26I2N2. The number of hydrogen-bond acceptors (Lipinski definition) is 2. The second kappa shape index (κ2) is 5.81. The first kappa shape index (κ1) is 17.2. The van der Waals surface area contributed by atoms with Gasteiger partial charge >= 0.3 is 0 Å². The van der Waals surface area contributed by atoms with Crippen LogP contribution in [0.1, 0.15) is 53.9 Å². The minimum Gasteiger partial charge on any atom is -0.240 e. The van der Waals surface area contributed by atoms with Crippen LogP contribution in [-0.4, -0.2) is 18.7 Å². The summed E-state index contributed by atoms with van der Waals surface area (Å²) in [6, 6.07) is 1.04. The standard InChI is InChI=1S/C16H26I2N2/c1-10(2)11(3)12-8-7-9-13-16(12,17)14(15(4,5)6)19-20(13)18/h13-14,19H,1,7-9H2,2-6H3/b12-11+/t13?,14?,16-/m1/s1. The molecule has 1 aliphatic carbocycles. The minimum absolute atomic E-state index is 0.179. The van der Waals surface area contributed by atoms with Gasteiger partial charge in [-0.05, 0) is 49.7 Å². The predicted octanol–water partition coefficient (Wildman–Crippen LogP) is 5.19. The Balaban J connectivity index is 2.57. The van der Waals surface area contributed by atoms with Crippen molar-refractivity contribution in [3.63, 3.8) is 0 Å². The summed E-state index contributed by atoms with van der Waals surface area (Å²) >= 11 is 5.20. The number of nitrogens with zero attached hydrogens (tertiary/aromatic N) is 1. The van der Waals surface area contributed by atoms with Crippen molar-refractivity contribution in [2.24, 2.45) is 5.41 Å². The summed E-state index contributed by atoms with van der Waals surface area (Å²) in [4.78, 5) is 0. The Labute approximate surface area is 151 Å². The van der Waals surface area contributed by atoms with E-state index in [4.69, 9.17) is 0 Å². The van der Waals surface area contributed by atoms with Crippen molar-refractivity contribution in [1.29, 1.82) is 0 Å². The van der Waals surface area contributed by atoms with Gasteiger partial charge in [-0.2, -0.15) is 3.22 Å². The Morgan fingerprint density at radius 1 is 1.40 bits per heavy atom. The van der Waals surface area contributed by atoms with Crippen LogP contribution in [0.25, 0.3) is 0 Å². The lowest BCUT2D eigenvalue weighted by Crippen LogP contribution is -2.53. The number of hydrazine groups is 1. The van der Waals surface area contributed by atoms with E-state index >= 15 is 0 Å². The summed E-state index contributed by atoms with van der Waals surface area (Å²) in [6.45, 7) is 15.6. The molecule has 0 radical (unpaired) electrons. The molecule has 0 aromatic rings. The first-order valence-electron chi connectivity index (χ1n) is 7.36. The van der Waals surface area contributed by atoms with Gasteiger partial charge in [0.05, 0.1) is 9.46 Å². The molecule has 1 saturated carbocycles. The van der Waals surface area contributed by atoms with Gasteiger partial charge in [0.2, 0.25) is 0 Å². The fourth-order valence-corrected chi connectivity index (χ4v) is 7.45. The number of fused-ring (bicyclic) bond motifs is 1. The van der Waals surface area contributed by atoms with Crippen LogP contribution in [0.4, 0.5) is 0 Å². The number of hydrogen-bond donors (Lipinski definition) is 1. The molecule has 2 fully saturated rings. The molecule has 1 saturated heterocycles. The Hall–Kier alpha value is 0.860. The second-order valence-electron chi connectivity index (χ2n) is 7.30. The van der Waals surface area contributed by atoms with E-state index in [9.17, 15) is 0 Å². The Morgan fingerprint density at radius 3 is 2.50 bits per heavy atom. The second-order valence-corrected chi connectivity index (χ2v) is 10.1. The molecule has 2 unspecified atom stereocenters. The molecule has 4 heteroatoms. The van der Waals surface area contributed by atoms with Crippen molar-refractivity contribution in [2.45, 2.75) is 69.4 Å². The Morgan fingerprint density at radius 2 is 2.00 bits per heavy atom. The molecule has 2 nitrogen and oxygen atoms in total. The van der Waals surface area contributed by atoms with E-state index in [0.29, 0.717) is 12.1 Å². The molecule has 1 heterocycles. The van der Waals surface area contributed by atoms with Crippen LogP contribution in [-0.2, 0) is 0 Å². The van der Waals surface area contributed by atoms with Crippen LogP contribution in [0.5, 0.6) is 0 Å². The zero-order chi connectivity index (χ0) is 15.3. The summed E-state index contributed by atoms with van der Waals surface area (Å²) in [6.07, 6.45) is 3.78. The average molecular weight is 500 g/mol. The highest BCUT2D eigenvalue weighted by Gasteiger charge is 2.59. The summed E-state index contributed by atoms with van der Waals surface area (Å²) < 4.78 is 2.52. The maximum Gasteiger partial charge on any atom is 0.0784 e. The van der Waals surface area contributed by atoms with E-state index < -0.39 is 0 Å². The smallest absolute Gasteiger partial charge is 0.0784 e. The van der Waals surface area contributed by atoms with Crippen molar-refractivity contribution < 1.29 is 0 Å². The normalized spacial score (nSPS) is 37.8. The van der Waals surface area contributed by atoms with E-state index in [-0.39, 0.29) is 8.84 Å². The van der Waals surface area contributed by atoms with Crippen molar-refractivity contribution in [3.05, 3.63) is 23.3 Å². The SMILES string of the molecule is C=C(C)/C(C)=C1\CCCC2N(I)NC(C(C)(C)C)[C@@]12I. The molecule has 0 aromatic heterocycles. The maximum absolute atomic E-state index is 4.18. The van der Waals surface area contributed by atoms with Gasteiger partial charge < -0.3 is 0 Å². The third-order valence-corrected chi connectivity index (χ3v) is 7.70. The molecule has 1 aliphatic heterocycles. The first-order chi connectivity index (χ1) is 9.10. The number of rotatable bonds is 1. The van der Waals surface area contributed by atoms with Crippen molar-refractivity contribution in [2.75, 3.05) is 0 Å². The minimum atomic E-state index is 0.179. The highest BCUT2D eigenvalue weighted by atomic mass is 127. The Kier molecular flexibility index (Phi) is 5.00. The van der Waals surface area contributed by atoms with Gasteiger partial charge in [-0.3, -0.25) is 0 Å². The molecule has 0 amide bonds. The fraction of sp³-hybridized carbons (Fsp3) is 0.750. The third-order valence-electron chi connectivity index (χ3n) is 4.76. The van der Waals surface area contributed by atoms with E-state index in [1.165, 1.54) is 30.4 Å². The van der Waals surface area contributed by atoms with E-state index in [0.717, 1.165) is 0 Å². The van der Waals surface area contributed by atoms with Crippen molar-refractivity contribution in [3.8, 4) is 0 Å². The van der Waals surface area contributed by atoms with Gasteiger partial charge in [0.1, 0.15) is 0 Å². The number of alkyl halides is 1. The Bertz CT molecular complexity index is 450. The molecule has 3 atom stereocenters. The molecule has 1 N–H and O–H groups in total. The van der Waals surface area contributed by atoms with Crippen LogP contribution in [0.15, 0.2) is 23.3 Å². The topological polar surface area (TPSA) is 15.3 Å². The molecule has 2 rings (SSSR count). The van der Waals surface area contributed by atoms with Gasteiger partial charge in [0.15, 0.2) is 0 Å². The largest absolute Gasteiger partial charge is 0.240 e. The van der Waals surface area contributed by atoms with Gasteiger partial charge in [-0.15, -0.1) is 0 Å². The van der Waals surface area contributed by atoms with Crippen LogP contribution in [0, 0.1) is 5.41 Å². The average Bonchev–Trinajstić information content (AvgIpc) is 2.60. The zero-order valence-electron chi connectivity index (χ0n) is 13.2. The predicted molar refractivity (Wildman–Crippen MR) is 104 cm³/mol. The summed E-state index contributed by atoms with van der Waals surface area (Å²) in [5, 5.41) is 0. The molecule has 0 aromatic carbocycles. The molecular weight excluding hydrogens is 474 g/mol. The number of allylic oxidation sites excluding steroid dienone is 2. The van der Waals surface area contributed by atoms with Gasteiger partial charge in [-0.25, -0.2) is 5.43 Å². The number of halogens is 2. The molecule has 2 aliphatic rings. The maximum atomic E-state index is 4.18. The highest BCUT2D eigenvalue weighted by Crippen LogP contribution is 2.54. The van der Waals surface area contributed by atoms with Gasteiger partial charge in [0.25, 0.3) is 0 Å². The van der Waals surface area contributed by atoms with Crippen LogP contribution >= 0.6 is 45.5 Å². The quantitative estimate of drug-likeness (QED) is 0.303. The molecule has 114 valence electrons. The van der Waals surface area contributed by atoms with Gasteiger partial charge in [-0.1, -0.05) is 55.5 Å². The third kappa shape index (κ3) is 2.74. The lowest BCUT2D eigenvalue weighted by atomic mass is 9.68. The monoisotopic (exact) mass is 500 g/mol.